The van der Waals surface area contributed by atoms with Crippen LogP contribution in [0.25, 0.3) is 28.2 Å². The topological polar surface area (TPSA) is 73.9 Å². The molecule has 0 unspecified atom stereocenters. The van der Waals surface area contributed by atoms with Crippen LogP contribution in [0.1, 0.15) is 70.4 Å². The van der Waals surface area contributed by atoms with Gasteiger partial charge >= 0.3 is 5.97 Å². The molecule has 0 aliphatic carbocycles. The average Bonchev–Trinajstić information content (AvgIpc) is 3.48. The Balaban J connectivity index is 1.69. The minimum absolute atomic E-state index is 0.272. The van der Waals surface area contributed by atoms with E-state index in [1.165, 1.54) is 7.11 Å². The highest BCUT2D eigenvalue weighted by atomic mass is 16.6. The number of hydrogen-bond donors (Lipinski definition) is 0. The van der Waals surface area contributed by atoms with Gasteiger partial charge in [-0.3, -0.25) is 9.08 Å². The molecule has 218 valence electrons. The number of benzene rings is 1. The summed E-state index contributed by atoms with van der Waals surface area (Å²) in [5.74, 6) is 0.549. The van der Waals surface area contributed by atoms with Crippen molar-refractivity contribution in [1.82, 2.24) is 19.2 Å². The lowest BCUT2D eigenvalue weighted by Crippen LogP contribution is -2.40. The van der Waals surface area contributed by atoms with Gasteiger partial charge in [-0.2, -0.15) is 5.10 Å². The van der Waals surface area contributed by atoms with Crippen molar-refractivity contribution in [3.8, 4) is 22.5 Å². The number of nitrogens with zero attached hydrogens (tertiary/aromatic N) is 5. The maximum atomic E-state index is 13.2. The number of fused-ring (bicyclic) bond motifs is 1. The van der Waals surface area contributed by atoms with Crippen molar-refractivity contribution in [3.05, 3.63) is 59.4 Å². The number of aromatic nitrogens is 4. The van der Waals surface area contributed by atoms with Crippen molar-refractivity contribution in [2.45, 2.75) is 73.0 Å². The minimum atomic E-state index is -0.864. The summed E-state index contributed by atoms with van der Waals surface area (Å²) in [6.45, 7) is 16.3. The number of carbonyl (C=O) groups is 1. The van der Waals surface area contributed by atoms with Gasteiger partial charge in [-0.1, -0.05) is 32.0 Å². The average molecular weight is 558 g/mol. The molecule has 4 aromatic rings. The largest absolute Gasteiger partial charge is 0.467 e. The molecule has 1 aliphatic heterocycles. The van der Waals surface area contributed by atoms with Crippen LogP contribution in [0.3, 0.4) is 0 Å². The maximum absolute atomic E-state index is 13.2. The number of piperidine rings is 1. The normalized spacial score (nSPS) is 16.3. The van der Waals surface area contributed by atoms with Gasteiger partial charge in [0.2, 0.25) is 0 Å². The number of rotatable bonds is 6. The molecule has 4 heterocycles. The summed E-state index contributed by atoms with van der Waals surface area (Å²) in [5, 5.41) is 4.52. The summed E-state index contributed by atoms with van der Waals surface area (Å²) in [7, 11) is 3.39. The van der Waals surface area contributed by atoms with Crippen LogP contribution in [-0.4, -0.2) is 50.9 Å². The third-order valence-electron chi connectivity index (χ3n) is 7.99. The van der Waals surface area contributed by atoms with Crippen molar-refractivity contribution >= 4 is 17.4 Å². The van der Waals surface area contributed by atoms with Crippen molar-refractivity contribution in [3.63, 3.8) is 0 Å². The van der Waals surface area contributed by atoms with Crippen LogP contribution in [0.5, 0.6) is 0 Å². The monoisotopic (exact) mass is 557 g/mol. The summed E-state index contributed by atoms with van der Waals surface area (Å²) in [4.78, 5) is 20.7. The van der Waals surface area contributed by atoms with Gasteiger partial charge in [0.25, 0.3) is 0 Å². The van der Waals surface area contributed by atoms with Crippen LogP contribution in [0.15, 0.2) is 42.6 Å². The molecular formula is C33H43N5O3. The van der Waals surface area contributed by atoms with Gasteiger partial charge in [0.05, 0.1) is 29.8 Å². The number of esters is 1. The summed E-state index contributed by atoms with van der Waals surface area (Å²) in [5.41, 5.74) is 7.36. The number of anilines is 1. The van der Waals surface area contributed by atoms with E-state index in [1.54, 1.807) is 0 Å². The summed E-state index contributed by atoms with van der Waals surface area (Å²) in [6.07, 6.45) is 3.33. The van der Waals surface area contributed by atoms with Gasteiger partial charge in [-0.25, -0.2) is 9.78 Å². The molecule has 1 fully saturated rings. The summed E-state index contributed by atoms with van der Waals surface area (Å²) >= 11 is 0. The Bertz CT molecular complexity index is 1580. The van der Waals surface area contributed by atoms with E-state index in [-0.39, 0.29) is 5.41 Å². The number of ether oxygens (including phenoxy) is 2. The molecule has 5 rings (SSSR count). The van der Waals surface area contributed by atoms with Crippen LogP contribution >= 0.6 is 0 Å². The predicted octanol–water partition coefficient (Wildman–Crippen LogP) is 6.67. The first-order chi connectivity index (χ1) is 19.3. The Morgan fingerprint density at radius 1 is 1.05 bits per heavy atom. The van der Waals surface area contributed by atoms with Gasteiger partial charge < -0.3 is 14.4 Å². The number of hydrogen-bond acceptors (Lipinski definition) is 6. The van der Waals surface area contributed by atoms with Crippen LogP contribution in [0.4, 0.5) is 5.82 Å². The second kappa shape index (κ2) is 10.6. The smallest absolute Gasteiger partial charge is 0.339 e. The third kappa shape index (κ3) is 5.89. The molecule has 1 saturated heterocycles. The molecule has 3 aromatic heterocycles. The second-order valence-corrected chi connectivity index (χ2v) is 13.1. The first kappa shape index (κ1) is 28.9. The molecule has 0 N–H and O–H groups in total. The van der Waals surface area contributed by atoms with E-state index >= 15 is 0 Å². The van der Waals surface area contributed by atoms with E-state index in [0.717, 1.165) is 76.7 Å². The predicted molar refractivity (Wildman–Crippen MR) is 163 cm³/mol. The maximum Gasteiger partial charge on any atom is 0.339 e. The van der Waals surface area contributed by atoms with Crippen molar-refractivity contribution in [2.24, 2.45) is 12.5 Å². The SMILES string of the molecule is COC(=O)[C@@H](OC(C)(C)C)c1c(C)cc2nc(-c3cccc(-c4cc(C)nn4C)c3)cn2c1N1CCC(C)(C)CC1. The first-order valence-corrected chi connectivity index (χ1v) is 14.4. The van der Waals surface area contributed by atoms with E-state index in [1.807, 2.05) is 52.4 Å². The first-order valence-electron chi connectivity index (χ1n) is 14.4. The quantitative estimate of drug-likeness (QED) is 0.246. The van der Waals surface area contributed by atoms with E-state index in [9.17, 15) is 4.79 Å². The van der Waals surface area contributed by atoms with Gasteiger partial charge in [-0.05, 0) is 76.6 Å². The standard InChI is InChI=1S/C33H43N5O3/c1-21-17-27-34-25(23-11-10-12-24(19-23)26-18-22(2)35-36(26)8)20-38(27)30(37-15-13-33(6,7)14-16-37)28(21)29(31(39)40-9)41-32(3,4)5/h10-12,17-20,29H,13-16H2,1-9H3/t29-/m0/s1. The lowest BCUT2D eigenvalue weighted by molar-refractivity contribution is -0.164. The fraction of sp³-hybridized carbons (Fsp3) is 0.485. The van der Waals surface area contributed by atoms with E-state index < -0.39 is 17.7 Å². The zero-order valence-corrected chi connectivity index (χ0v) is 25.9. The zero-order valence-electron chi connectivity index (χ0n) is 25.9. The summed E-state index contributed by atoms with van der Waals surface area (Å²) < 4.78 is 15.7. The fourth-order valence-electron chi connectivity index (χ4n) is 5.76. The lowest BCUT2D eigenvalue weighted by Gasteiger charge is -2.40. The molecule has 8 heteroatoms. The van der Waals surface area contributed by atoms with Crippen molar-refractivity contribution in [2.75, 3.05) is 25.1 Å². The molecule has 0 amide bonds. The van der Waals surface area contributed by atoms with E-state index in [0.29, 0.717) is 0 Å². The molecule has 1 aliphatic rings. The molecule has 41 heavy (non-hydrogen) atoms. The molecule has 1 aromatic carbocycles. The number of carbonyl (C=O) groups excluding carboxylic acids is 1. The Labute approximate surface area is 243 Å². The lowest BCUT2D eigenvalue weighted by atomic mass is 9.82. The summed E-state index contributed by atoms with van der Waals surface area (Å²) in [6, 6.07) is 12.6. The number of pyridine rings is 1. The number of methoxy groups -OCH3 is 1. The fourth-order valence-corrected chi connectivity index (χ4v) is 5.76. The van der Waals surface area contributed by atoms with Crippen molar-refractivity contribution in [1.29, 1.82) is 0 Å². The Hall–Kier alpha value is -3.65. The minimum Gasteiger partial charge on any atom is -0.467 e. The van der Waals surface area contributed by atoms with Crippen LogP contribution in [0.2, 0.25) is 0 Å². The Morgan fingerprint density at radius 2 is 1.73 bits per heavy atom. The van der Waals surface area contributed by atoms with Gasteiger partial charge in [0.1, 0.15) is 11.5 Å². The number of imidazole rings is 1. The molecule has 1 atom stereocenters. The second-order valence-electron chi connectivity index (χ2n) is 13.1. The van der Waals surface area contributed by atoms with Gasteiger partial charge in [-0.15, -0.1) is 0 Å². The Kier molecular flexibility index (Phi) is 7.49. The molecule has 0 spiro atoms. The third-order valence-corrected chi connectivity index (χ3v) is 7.99. The van der Waals surface area contributed by atoms with E-state index in [2.05, 4.69) is 64.8 Å². The van der Waals surface area contributed by atoms with Crippen LogP contribution in [0, 0.1) is 19.3 Å². The molecule has 0 saturated carbocycles. The molecule has 8 nitrogen and oxygen atoms in total. The highest BCUT2D eigenvalue weighted by Gasteiger charge is 2.36. The highest BCUT2D eigenvalue weighted by molar-refractivity contribution is 5.81. The molecular weight excluding hydrogens is 514 g/mol. The van der Waals surface area contributed by atoms with Crippen LogP contribution in [-0.2, 0) is 21.3 Å². The van der Waals surface area contributed by atoms with E-state index in [4.69, 9.17) is 14.5 Å². The number of aryl methyl sites for hydroxylation is 3. The Morgan fingerprint density at radius 3 is 2.34 bits per heavy atom. The van der Waals surface area contributed by atoms with Gasteiger partial charge in [0.15, 0.2) is 6.10 Å². The van der Waals surface area contributed by atoms with Crippen LogP contribution < -0.4 is 4.90 Å². The molecule has 0 radical (unpaired) electrons. The van der Waals surface area contributed by atoms with Crippen molar-refractivity contribution < 1.29 is 14.3 Å². The zero-order chi connectivity index (χ0) is 29.7. The highest BCUT2D eigenvalue weighted by Crippen LogP contribution is 2.40. The van der Waals surface area contributed by atoms with Gasteiger partial charge in [0, 0.05) is 43.0 Å². The molecule has 0 bridgehead atoms.